The maximum absolute atomic E-state index is 13.5. The van der Waals surface area contributed by atoms with Crippen molar-refractivity contribution in [3.05, 3.63) is 53.7 Å². The van der Waals surface area contributed by atoms with E-state index in [9.17, 15) is 9.18 Å². The highest BCUT2D eigenvalue weighted by molar-refractivity contribution is 5.76. The van der Waals surface area contributed by atoms with Gasteiger partial charge in [-0.05, 0) is 12.5 Å². The molecule has 1 atom stereocenters. The molecule has 0 aliphatic carbocycles. The molecule has 0 radical (unpaired) electrons. The fraction of sp³-hybridized carbons (Fsp3) is 0.167. The third-order valence-corrected chi connectivity index (χ3v) is 2.50. The van der Waals surface area contributed by atoms with E-state index in [2.05, 4.69) is 9.68 Å². The maximum Gasteiger partial charge on any atom is 0.311 e. The SMILES string of the molecule is O=C(O)C(Cc1cnoc1)c1ccccc1F. The zero-order chi connectivity index (χ0) is 12.3. The van der Waals surface area contributed by atoms with Crippen LogP contribution in [0.2, 0.25) is 0 Å². The molecule has 0 bridgehead atoms. The normalized spacial score (nSPS) is 12.3. The molecule has 4 nitrogen and oxygen atoms in total. The fourth-order valence-electron chi connectivity index (χ4n) is 1.65. The summed E-state index contributed by atoms with van der Waals surface area (Å²) in [5.74, 6) is -2.52. The van der Waals surface area contributed by atoms with Gasteiger partial charge >= 0.3 is 5.97 Å². The van der Waals surface area contributed by atoms with E-state index in [0.717, 1.165) is 0 Å². The standard InChI is InChI=1S/C12H10FNO3/c13-11-4-2-1-3-9(11)10(12(15)16)5-8-6-14-17-7-8/h1-4,6-7,10H,5H2,(H,15,16). The monoisotopic (exact) mass is 235 g/mol. The third-order valence-electron chi connectivity index (χ3n) is 2.50. The highest BCUT2D eigenvalue weighted by atomic mass is 19.1. The molecule has 1 N–H and O–H groups in total. The van der Waals surface area contributed by atoms with Crippen molar-refractivity contribution >= 4 is 5.97 Å². The first-order valence-corrected chi connectivity index (χ1v) is 5.04. The molecule has 1 heterocycles. The molecule has 0 saturated heterocycles. The Morgan fingerprint density at radius 1 is 1.47 bits per heavy atom. The molecule has 0 amide bonds. The van der Waals surface area contributed by atoms with Crippen LogP contribution in [0.25, 0.3) is 0 Å². The number of hydrogen-bond donors (Lipinski definition) is 1. The van der Waals surface area contributed by atoms with Crippen LogP contribution in [0, 0.1) is 5.82 Å². The van der Waals surface area contributed by atoms with Gasteiger partial charge in [-0.25, -0.2) is 4.39 Å². The lowest BCUT2D eigenvalue weighted by Crippen LogP contribution is -2.15. The predicted octanol–water partition coefficient (Wildman–Crippen LogP) is 2.22. The molecule has 5 heteroatoms. The highest BCUT2D eigenvalue weighted by Crippen LogP contribution is 2.23. The first-order chi connectivity index (χ1) is 8.18. The topological polar surface area (TPSA) is 63.3 Å². The minimum Gasteiger partial charge on any atom is -0.481 e. The van der Waals surface area contributed by atoms with Gasteiger partial charge in [0.2, 0.25) is 0 Å². The lowest BCUT2D eigenvalue weighted by atomic mass is 9.93. The molecule has 88 valence electrons. The van der Waals surface area contributed by atoms with Crippen LogP contribution in [0.5, 0.6) is 0 Å². The molecule has 0 aliphatic rings. The van der Waals surface area contributed by atoms with E-state index in [1.165, 1.54) is 30.7 Å². The zero-order valence-electron chi connectivity index (χ0n) is 8.84. The Bertz CT molecular complexity index is 510. The van der Waals surface area contributed by atoms with Gasteiger partial charge in [0.25, 0.3) is 0 Å². The second-order valence-electron chi connectivity index (χ2n) is 3.65. The highest BCUT2D eigenvalue weighted by Gasteiger charge is 2.23. The summed E-state index contributed by atoms with van der Waals surface area (Å²) in [6.45, 7) is 0. The molecule has 2 rings (SSSR count). The van der Waals surface area contributed by atoms with Gasteiger partial charge in [-0.2, -0.15) is 0 Å². The molecule has 1 aromatic carbocycles. The number of nitrogens with zero attached hydrogens (tertiary/aromatic N) is 1. The molecule has 1 unspecified atom stereocenters. The van der Waals surface area contributed by atoms with Crippen LogP contribution in [0.1, 0.15) is 17.0 Å². The zero-order valence-corrected chi connectivity index (χ0v) is 8.84. The maximum atomic E-state index is 13.5. The second-order valence-corrected chi connectivity index (χ2v) is 3.65. The average Bonchev–Trinajstić information content (AvgIpc) is 2.79. The second kappa shape index (κ2) is 4.78. The van der Waals surface area contributed by atoms with Crippen LogP contribution in [-0.2, 0) is 11.2 Å². The smallest absolute Gasteiger partial charge is 0.311 e. The summed E-state index contributed by atoms with van der Waals surface area (Å²) in [7, 11) is 0. The minimum absolute atomic E-state index is 0.153. The van der Waals surface area contributed by atoms with E-state index in [4.69, 9.17) is 5.11 Å². The Morgan fingerprint density at radius 2 is 2.24 bits per heavy atom. The van der Waals surface area contributed by atoms with E-state index in [0.29, 0.717) is 5.56 Å². The average molecular weight is 235 g/mol. The summed E-state index contributed by atoms with van der Waals surface area (Å²) in [4.78, 5) is 11.2. The number of halogens is 1. The van der Waals surface area contributed by atoms with E-state index in [1.807, 2.05) is 0 Å². The lowest BCUT2D eigenvalue weighted by molar-refractivity contribution is -0.138. The predicted molar refractivity (Wildman–Crippen MR) is 57.0 cm³/mol. The Morgan fingerprint density at radius 3 is 2.82 bits per heavy atom. The summed E-state index contributed by atoms with van der Waals surface area (Å²) in [6, 6.07) is 5.86. The van der Waals surface area contributed by atoms with E-state index >= 15 is 0 Å². The van der Waals surface area contributed by atoms with Gasteiger partial charge < -0.3 is 9.63 Å². The quantitative estimate of drug-likeness (QED) is 0.882. The Hall–Kier alpha value is -2.17. The van der Waals surface area contributed by atoms with Gasteiger partial charge in [0, 0.05) is 11.1 Å². The first-order valence-electron chi connectivity index (χ1n) is 5.04. The number of carboxylic acid groups (broad SMARTS) is 1. The summed E-state index contributed by atoms with van der Waals surface area (Å²) in [6.07, 6.45) is 2.94. The number of aliphatic carboxylic acids is 1. The summed E-state index contributed by atoms with van der Waals surface area (Å²) in [5, 5.41) is 12.6. The summed E-state index contributed by atoms with van der Waals surface area (Å²) < 4.78 is 18.2. The third kappa shape index (κ3) is 2.50. The summed E-state index contributed by atoms with van der Waals surface area (Å²) >= 11 is 0. The van der Waals surface area contributed by atoms with Gasteiger partial charge in [0.1, 0.15) is 12.1 Å². The lowest BCUT2D eigenvalue weighted by Gasteiger charge is -2.11. The van der Waals surface area contributed by atoms with Gasteiger partial charge in [-0.15, -0.1) is 0 Å². The van der Waals surface area contributed by atoms with Gasteiger partial charge in [-0.1, -0.05) is 23.4 Å². The van der Waals surface area contributed by atoms with Crippen LogP contribution in [-0.4, -0.2) is 16.2 Å². The Kier molecular flexibility index (Phi) is 3.18. The van der Waals surface area contributed by atoms with Gasteiger partial charge in [0.05, 0.1) is 12.1 Å². The molecule has 0 saturated carbocycles. The molecular weight excluding hydrogens is 225 g/mol. The number of carboxylic acids is 1. The number of aromatic nitrogens is 1. The van der Waals surface area contributed by atoms with Crippen LogP contribution in [0.3, 0.4) is 0 Å². The van der Waals surface area contributed by atoms with Crippen molar-refractivity contribution in [1.29, 1.82) is 0 Å². The van der Waals surface area contributed by atoms with Crippen LogP contribution < -0.4 is 0 Å². The first kappa shape index (κ1) is 11.3. The van der Waals surface area contributed by atoms with Crippen LogP contribution in [0.4, 0.5) is 4.39 Å². The molecule has 1 aromatic heterocycles. The van der Waals surface area contributed by atoms with Crippen LogP contribution >= 0.6 is 0 Å². The van der Waals surface area contributed by atoms with Crippen molar-refractivity contribution in [3.8, 4) is 0 Å². The Labute approximate surface area is 96.7 Å². The van der Waals surface area contributed by atoms with E-state index < -0.39 is 17.7 Å². The number of rotatable bonds is 4. The Balaban J connectivity index is 2.30. The van der Waals surface area contributed by atoms with Crippen molar-refractivity contribution < 1.29 is 18.8 Å². The number of carbonyl (C=O) groups is 1. The van der Waals surface area contributed by atoms with Crippen molar-refractivity contribution in [1.82, 2.24) is 5.16 Å². The number of hydrogen-bond acceptors (Lipinski definition) is 3. The van der Waals surface area contributed by atoms with Gasteiger partial charge in [0.15, 0.2) is 0 Å². The summed E-state index contributed by atoms with van der Waals surface area (Å²) in [5.41, 5.74) is 0.793. The van der Waals surface area contributed by atoms with E-state index in [1.54, 1.807) is 6.07 Å². The van der Waals surface area contributed by atoms with Crippen LogP contribution in [0.15, 0.2) is 41.2 Å². The molecule has 2 aromatic rings. The fourth-order valence-corrected chi connectivity index (χ4v) is 1.65. The molecular formula is C12H10FNO3. The van der Waals surface area contributed by atoms with Crippen molar-refractivity contribution in [2.24, 2.45) is 0 Å². The number of benzene rings is 1. The largest absolute Gasteiger partial charge is 0.481 e. The van der Waals surface area contributed by atoms with Gasteiger partial charge in [-0.3, -0.25) is 4.79 Å². The molecule has 0 aliphatic heterocycles. The molecule has 17 heavy (non-hydrogen) atoms. The van der Waals surface area contributed by atoms with Crippen molar-refractivity contribution in [3.63, 3.8) is 0 Å². The minimum atomic E-state index is -1.07. The van der Waals surface area contributed by atoms with Crippen molar-refractivity contribution in [2.45, 2.75) is 12.3 Å². The van der Waals surface area contributed by atoms with E-state index in [-0.39, 0.29) is 12.0 Å². The molecule has 0 fully saturated rings. The molecule has 0 spiro atoms. The van der Waals surface area contributed by atoms with Crippen molar-refractivity contribution in [2.75, 3.05) is 0 Å².